The number of furan rings is 1. The Morgan fingerprint density at radius 3 is 2.69 bits per heavy atom. The molecule has 0 aliphatic rings. The van der Waals surface area contributed by atoms with Crippen molar-refractivity contribution in [1.82, 2.24) is 14.9 Å². The standard InChI is InChI=1S/C26H29N3O3/c1-3-19(2)20-10-12-21(13-11-20)31-18-16-29-23-8-5-4-7-22(23)28-25(29)14-15-27-26(30)24-9-6-17-32-24/h4-13,17,19H,3,14-16,18H2,1-2H3,(H,27,30). The fourth-order valence-electron chi connectivity index (χ4n) is 3.73. The maximum Gasteiger partial charge on any atom is 0.286 e. The van der Waals surface area contributed by atoms with Crippen molar-refractivity contribution in [2.24, 2.45) is 0 Å². The summed E-state index contributed by atoms with van der Waals surface area (Å²) in [6.45, 7) is 6.12. The molecule has 1 atom stereocenters. The van der Waals surface area contributed by atoms with Crippen LogP contribution in [0.25, 0.3) is 11.0 Å². The van der Waals surface area contributed by atoms with Crippen LogP contribution in [0.1, 0.15) is 48.1 Å². The number of hydrogen-bond acceptors (Lipinski definition) is 4. The van der Waals surface area contributed by atoms with Gasteiger partial charge in [-0.15, -0.1) is 0 Å². The SMILES string of the molecule is CCC(C)c1ccc(OCCn2c(CCNC(=O)c3ccco3)nc3ccccc32)cc1. The van der Waals surface area contributed by atoms with E-state index in [-0.39, 0.29) is 5.91 Å². The summed E-state index contributed by atoms with van der Waals surface area (Å²) in [7, 11) is 0. The van der Waals surface area contributed by atoms with Gasteiger partial charge in [0.2, 0.25) is 0 Å². The van der Waals surface area contributed by atoms with Gasteiger partial charge >= 0.3 is 0 Å². The number of carbonyl (C=O) groups excluding carboxylic acids is 1. The summed E-state index contributed by atoms with van der Waals surface area (Å²) in [5.74, 6) is 2.43. The Labute approximate surface area is 188 Å². The quantitative estimate of drug-likeness (QED) is 0.375. The van der Waals surface area contributed by atoms with E-state index in [4.69, 9.17) is 14.1 Å². The largest absolute Gasteiger partial charge is 0.492 e. The van der Waals surface area contributed by atoms with Gasteiger partial charge in [0, 0.05) is 13.0 Å². The molecule has 32 heavy (non-hydrogen) atoms. The van der Waals surface area contributed by atoms with Gasteiger partial charge in [-0.1, -0.05) is 38.1 Å². The topological polar surface area (TPSA) is 69.3 Å². The summed E-state index contributed by atoms with van der Waals surface area (Å²) < 4.78 is 13.3. The van der Waals surface area contributed by atoms with Crippen molar-refractivity contribution < 1.29 is 13.9 Å². The molecule has 0 radical (unpaired) electrons. The predicted octanol–water partition coefficient (Wildman–Crippen LogP) is 5.19. The molecule has 4 rings (SSSR count). The zero-order valence-electron chi connectivity index (χ0n) is 18.6. The molecule has 0 aliphatic carbocycles. The van der Waals surface area contributed by atoms with Gasteiger partial charge in [-0.05, 0) is 54.3 Å². The average molecular weight is 432 g/mol. The number of fused-ring (bicyclic) bond motifs is 1. The second-order valence-corrected chi connectivity index (χ2v) is 7.88. The van der Waals surface area contributed by atoms with E-state index in [0.29, 0.717) is 37.8 Å². The molecule has 1 amide bonds. The van der Waals surface area contributed by atoms with Crippen molar-refractivity contribution in [2.75, 3.05) is 13.2 Å². The third kappa shape index (κ3) is 5.02. The highest BCUT2D eigenvalue weighted by Crippen LogP contribution is 2.22. The molecule has 0 saturated carbocycles. The highest BCUT2D eigenvalue weighted by molar-refractivity contribution is 5.91. The van der Waals surface area contributed by atoms with Crippen LogP contribution in [0, 0.1) is 0 Å². The molecular weight excluding hydrogens is 402 g/mol. The summed E-state index contributed by atoms with van der Waals surface area (Å²) >= 11 is 0. The Morgan fingerprint density at radius 2 is 1.94 bits per heavy atom. The van der Waals surface area contributed by atoms with Gasteiger partial charge in [0.25, 0.3) is 5.91 Å². The van der Waals surface area contributed by atoms with E-state index in [1.54, 1.807) is 12.1 Å². The van der Waals surface area contributed by atoms with Gasteiger partial charge in [-0.3, -0.25) is 4.79 Å². The van der Waals surface area contributed by atoms with Crippen LogP contribution >= 0.6 is 0 Å². The fourth-order valence-corrected chi connectivity index (χ4v) is 3.73. The molecule has 1 N–H and O–H groups in total. The molecule has 0 spiro atoms. The lowest BCUT2D eigenvalue weighted by atomic mass is 9.99. The molecule has 0 bridgehead atoms. The van der Waals surface area contributed by atoms with Gasteiger partial charge in [0.15, 0.2) is 5.76 Å². The molecule has 6 nitrogen and oxygen atoms in total. The molecule has 0 saturated heterocycles. The Balaban J connectivity index is 1.39. The van der Waals surface area contributed by atoms with Crippen molar-refractivity contribution in [3.8, 4) is 5.75 Å². The fraction of sp³-hybridized carbons (Fsp3) is 0.308. The summed E-state index contributed by atoms with van der Waals surface area (Å²) in [4.78, 5) is 16.9. The number of hydrogen-bond donors (Lipinski definition) is 1. The molecule has 0 fully saturated rings. The number of imidazole rings is 1. The number of amides is 1. The van der Waals surface area contributed by atoms with Gasteiger partial charge in [-0.2, -0.15) is 0 Å². The molecule has 0 aliphatic heterocycles. The maximum atomic E-state index is 12.1. The Hall–Kier alpha value is -3.54. The lowest BCUT2D eigenvalue weighted by molar-refractivity contribution is 0.0926. The first-order valence-electron chi connectivity index (χ1n) is 11.1. The lowest BCUT2D eigenvalue weighted by Gasteiger charge is -2.13. The lowest BCUT2D eigenvalue weighted by Crippen LogP contribution is -2.26. The predicted molar refractivity (Wildman–Crippen MR) is 125 cm³/mol. The van der Waals surface area contributed by atoms with Crippen LogP contribution in [-0.2, 0) is 13.0 Å². The first-order valence-corrected chi connectivity index (χ1v) is 11.1. The number of benzene rings is 2. The molecule has 166 valence electrons. The van der Waals surface area contributed by atoms with E-state index in [1.165, 1.54) is 11.8 Å². The van der Waals surface area contributed by atoms with Crippen molar-refractivity contribution in [3.63, 3.8) is 0 Å². The van der Waals surface area contributed by atoms with E-state index in [9.17, 15) is 4.79 Å². The molecule has 1 unspecified atom stereocenters. The van der Waals surface area contributed by atoms with Crippen molar-refractivity contribution in [3.05, 3.63) is 84.1 Å². The summed E-state index contributed by atoms with van der Waals surface area (Å²) in [5, 5.41) is 2.89. The van der Waals surface area contributed by atoms with Gasteiger partial charge < -0.3 is 19.0 Å². The molecular formula is C26H29N3O3. The molecule has 6 heteroatoms. The van der Waals surface area contributed by atoms with Crippen molar-refractivity contribution in [1.29, 1.82) is 0 Å². The van der Waals surface area contributed by atoms with Gasteiger partial charge in [0.1, 0.15) is 18.2 Å². The summed E-state index contributed by atoms with van der Waals surface area (Å²) in [6, 6.07) is 19.8. The normalized spacial score (nSPS) is 12.1. The number of carbonyl (C=O) groups is 1. The molecule has 2 aromatic carbocycles. The highest BCUT2D eigenvalue weighted by atomic mass is 16.5. The Bertz CT molecular complexity index is 1150. The van der Waals surface area contributed by atoms with E-state index >= 15 is 0 Å². The average Bonchev–Trinajstić information content (AvgIpc) is 3.48. The van der Waals surface area contributed by atoms with Crippen LogP contribution in [0.15, 0.2) is 71.3 Å². The Kier molecular flexibility index (Phi) is 6.90. The number of rotatable bonds is 10. The van der Waals surface area contributed by atoms with Gasteiger partial charge in [-0.25, -0.2) is 4.98 Å². The first kappa shape index (κ1) is 21.7. The van der Waals surface area contributed by atoms with Crippen LogP contribution in [0.5, 0.6) is 5.75 Å². The van der Waals surface area contributed by atoms with E-state index in [0.717, 1.165) is 29.0 Å². The first-order chi connectivity index (χ1) is 15.7. The van der Waals surface area contributed by atoms with Crippen LogP contribution in [0.4, 0.5) is 0 Å². The molecule has 2 aromatic heterocycles. The van der Waals surface area contributed by atoms with Crippen LogP contribution in [-0.4, -0.2) is 28.6 Å². The minimum absolute atomic E-state index is 0.221. The second kappa shape index (κ2) is 10.2. The Morgan fingerprint density at radius 1 is 1.12 bits per heavy atom. The number of aromatic nitrogens is 2. The number of para-hydroxylation sites is 2. The third-order valence-corrected chi connectivity index (χ3v) is 5.76. The van der Waals surface area contributed by atoms with E-state index in [1.807, 2.05) is 30.3 Å². The zero-order chi connectivity index (χ0) is 22.3. The second-order valence-electron chi connectivity index (χ2n) is 7.88. The third-order valence-electron chi connectivity index (χ3n) is 5.76. The van der Waals surface area contributed by atoms with Crippen LogP contribution in [0.2, 0.25) is 0 Å². The van der Waals surface area contributed by atoms with Gasteiger partial charge in [0.05, 0.1) is 23.8 Å². The maximum absolute atomic E-state index is 12.1. The van der Waals surface area contributed by atoms with E-state index < -0.39 is 0 Å². The van der Waals surface area contributed by atoms with Crippen molar-refractivity contribution in [2.45, 2.75) is 39.2 Å². The number of nitrogens with one attached hydrogen (secondary N) is 1. The summed E-state index contributed by atoms with van der Waals surface area (Å²) in [5.41, 5.74) is 3.34. The molecule has 2 heterocycles. The number of nitrogens with zero attached hydrogens (tertiary/aromatic N) is 2. The minimum atomic E-state index is -0.221. The van der Waals surface area contributed by atoms with Crippen molar-refractivity contribution >= 4 is 16.9 Å². The zero-order valence-corrected chi connectivity index (χ0v) is 18.6. The molecule has 4 aromatic rings. The van der Waals surface area contributed by atoms with Crippen LogP contribution < -0.4 is 10.1 Å². The van der Waals surface area contributed by atoms with Crippen LogP contribution in [0.3, 0.4) is 0 Å². The minimum Gasteiger partial charge on any atom is -0.492 e. The monoisotopic (exact) mass is 431 g/mol. The smallest absolute Gasteiger partial charge is 0.286 e. The van der Waals surface area contributed by atoms with E-state index in [2.05, 4.69) is 41.9 Å². The summed E-state index contributed by atoms with van der Waals surface area (Å²) in [6.07, 6.45) is 3.23. The number of ether oxygens (including phenoxy) is 1. The highest BCUT2D eigenvalue weighted by Gasteiger charge is 2.12.